The summed E-state index contributed by atoms with van der Waals surface area (Å²) in [6.45, 7) is 12.2. The van der Waals surface area contributed by atoms with Crippen molar-refractivity contribution in [1.82, 2.24) is 15.2 Å². The van der Waals surface area contributed by atoms with Crippen LogP contribution in [0.5, 0.6) is 0 Å². The van der Waals surface area contributed by atoms with Crippen LogP contribution in [0.25, 0.3) is 0 Å². The Bertz CT molecular complexity index is 322. The normalized spacial score (nSPS) is 11.7. The lowest BCUT2D eigenvalue weighted by Gasteiger charge is -2.12. The molecule has 0 aliphatic carbocycles. The van der Waals surface area contributed by atoms with E-state index in [1.54, 1.807) is 11.8 Å². The number of nitrogens with zero attached hydrogens (tertiary/aromatic N) is 2. The molecule has 78 valence electrons. The van der Waals surface area contributed by atoms with Crippen molar-refractivity contribution in [2.24, 2.45) is 0 Å². The van der Waals surface area contributed by atoms with Gasteiger partial charge in [-0.15, -0.1) is 5.10 Å². The molecule has 3 nitrogen and oxygen atoms in total. The Kier molecular flexibility index (Phi) is 3.37. The summed E-state index contributed by atoms with van der Waals surface area (Å²) in [6, 6.07) is 0. The van der Waals surface area contributed by atoms with Gasteiger partial charge in [-0.2, -0.15) is 0 Å². The highest BCUT2D eigenvalue weighted by atomic mass is 32.2. The molecule has 0 saturated carbocycles. The monoisotopic (exact) mass is 211 g/mol. The summed E-state index contributed by atoms with van der Waals surface area (Å²) in [5.74, 6) is 1.81. The summed E-state index contributed by atoms with van der Waals surface area (Å²) in [7, 11) is 0. The van der Waals surface area contributed by atoms with Crippen LogP contribution in [0.15, 0.2) is 17.3 Å². The Morgan fingerprint density at radius 2 is 2.14 bits per heavy atom. The van der Waals surface area contributed by atoms with E-state index < -0.39 is 0 Å². The van der Waals surface area contributed by atoms with E-state index in [1.165, 1.54) is 0 Å². The molecule has 0 radical (unpaired) electrons. The highest BCUT2D eigenvalue weighted by molar-refractivity contribution is 7.99. The minimum absolute atomic E-state index is 0.0367. The molecular weight excluding hydrogens is 194 g/mol. The van der Waals surface area contributed by atoms with Crippen molar-refractivity contribution in [3.8, 4) is 0 Å². The number of hydrogen-bond donors (Lipinski definition) is 1. The van der Waals surface area contributed by atoms with Crippen LogP contribution in [-0.4, -0.2) is 20.9 Å². The molecule has 4 heteroatoms. The Hall–Kier alpha value is -0.770. The van der Waals surface area contributed by atoms with Crippen LogP contribution in [0.3, 0.4) is 0 Å². The van der Waals surface area contributed by atoms with Crippen LogP contribution >= 0.6 is 11.8 Å². The van der Waals surface area contributed by atoms with Gasteiger partial charge in [0.2, 0.25) is 5.16 Å². The fourth-order valence-electron chi connectivity index (χ4n) is 0.834. The summed E-state index contributed by atoms with van der Waals surface area (Å²) >= 11 is 1.61. The summed E-state index contributed by atoms with van der Waals surface area (Å²) in [5.41, 5.74) is 1.17. The molecule has 0 amide bonds. The molecule has 1 aromatic rings. The van der Waals surface area contributed by atoms with Crippen molar-refractivity contribution in [2.75, 3.05) is 5.75 Å². The zero-order valence-electron chi connectivity index (χ0n) is 9.22. The van der Waals surface area contributed by atoms with Crippen LogP contribution in [0.1, 0.15) is 33.5 Å². The second-order valence-corrected chi connectivity index (χ2v) is 5.40. The van der Waals surface area contributed by atoms with Gasteiger partial charge in [0.05, 0.1) is 0 Å². The molecule has 1 N–H and O–H groups in total. The molecule has 1 heterocycles. The first kappa shape index (κ1) is 11.3. The quantitative estimate of drug-likeness (QED) is 0.617. The lowest BCUT2D eigenvalue weighted by atomic mass is 9.96. The van der Waals surface area contributed by atoms with Gasteiger partial charge in [-0.05, 0) is 6.92 Å². The maximum atomic E-state index is 4.41. The van der Waals surface area contributed by atoms with E-state index >= 15 is 0 Å². The summed E-state index contributed by atoms with van der Waals surface area (Å²) in [6.07, 6.45) is 0. The minimum Gasteiger partial charge on any atom is -0.262 e. The third-order valence-corrected chi connectivity index (χ3v) is 2.70. The number of rotatable bonds is 3. The van der Waals surface area contributed by atoms with Gasteiger partial charge in [0.1, 0.15) is 5.82 Å². The van der Waals surface area contributed by atoms with Crippen molar-refractivity contribution in [3.05, 3.63) is 18.0 Å². The lowest BCUT2D eigenvalue weighted by molar-refractivity contribution is 0.547. The zero-order valence-corrected chi connectivity index (χ0v) is 10.0. The third-order valence-electron chi connectivity index (χ3n) is 1.62. The second kappa shape index (κ2) is 4.17. The van der Waals surface area contributed by atoms with E-state index in [0.717, 1.165) is 22.3 Å². The van der Waals surface area contributed by atoms with E-state index in [2.05, 4.69) is 42.5 Å². The average Bonchev–Trinajstić information content (AvgIpc) is 2.47. The Balaban J connectivity index is 2.64. The average molecular weight is 211 g/mol. The first-order valence-electron chi connectivity index (χ1n) is 4.59. The van der Waals surface area contributed by atoms with E-state index in [4.69, 9.17) is 0 Å². The summed E-state index contributed by atoms with van der Waals surface area (Å²) in [4.78, 5) is 4.41. The lowest BCUT2D eigenvalue weighted by Crippen LogP contribution is -2.13. The standard InChI is InChI=1S/C10H17N3S/c1-7(2)6-14-9-11-8(12-13-9)10(3,4)5/h1,6H2,2-5H3,(H,11,12,13). The predicted molar refractivity (Wildman–Crippen MR) is 60.6 cm³/mol. The van der Waals surface area contributed by atoms with Crippen molar-refractivity contribution < 1.29 is 0 Å². The van der Waals surface area contributed by atoms with Gasteiger partial charge >= 0.3 is 0 Å². The Morgan fingerprint density at radius 3 is 2.57 bits per heavy atom. The van der Waals surface area contributed by atoms with Crippen LogP contribution in [-0.2, 0) is 5.41 Å². The molecule has 0 saturated heterocycles. The number of nitrogens with one attached hydrogen (secondary N) is 1. The summed E-state index contributed by atoms with van der Waals surface area (Å²) < 4.78 is 0. The first-order valence-corrected chi connectivity index (χ1v) is 5.58. The highest BCUT2D eigenvalue weighted by Gasteiger charge is 2.18. The van der Waals surface area contributed by atoms with Gasteiger partial charge in [-0.3, -0.25) is 5.10 Å². The largest absolute Gasteiger partial charge is 0.262 e. The molecule has 1 rings (SSSR count). The number of H-pyrrole nitrogens is 1. The maximum Gasteiger partial charge on any atom is 0.208 e. The Labute approximate surface area is 89.4 Å². The fraction of sp³-hybridized carbons (Fsp3) is 0.600. The molecule has 0 aromatic carbocycles. The number of aromatic nitrogens is 3. The number of hydrogen-bond acceptors (Lipinski definition) is 3. The molecule has 0 atom stereocenters. The molecule has 0 spiro atoms. The topological polar surface area (TPSA) is 41.6 Å². The smallest absolute Gasteiger partial charge is 0.208 e. The molecule has 14 heavy (non-hydrogen) atoms. The predicted octanol–water partition coefficient (Wildman–Crippen LogP) is 2.77. The van der Waals surface area contributed by atoms with Crippen LogP contribution in [0.4, 0.5) is 0 Å². The molecular formula is C10H17N3S. The molecule has 0 fully saturated rings. The van der Waals surface area contributed by atoms with Gasteiger partial charge < -0.3 is 0 Å². The minimum atomic E-state index is 0.0367. The first-order chi connectivity index (χ1) is 6.39. The van der Waals surface area contributed by atoms with E-state index in [0.29, 0.717) is 0 Å². The van der Waals surface area contributed by atoms with Gasteiger partial charge in [0.15, 0.2) is 0 Å². The van der Waals surface area contributed by atoms with Gasteiger partial charge in [0, 0.05) is 11.2 Å². The van der Waals surface area contributed by atoms with Crippen molar-refractivity contribution in [1.29, 1.82) is 0 Å². The van der Waals surface area contributed by atoms with E-state index in [1.807, 2.05) is 6.92 Å². The van der Waals surface area contributed by atoms with Gasteiger partial charge in [-0.1, -0.05) is 44.7 Å². The number of thioether (sulfide) groups is 1. The van der Waals surface area contributed by atoms with Crippen molar-refractivity contribution in [2.45, 2.75) is 38.3 Å². The summed E-state index contributed by atoms with van der Waals surface area (Å²) in [5, 5.41) is 7.90. The van der Waals surface area contributed by atoms with E-state index in [-0.39, 0.29) is 5.41 Å². The SMILES string of the molecule is C=C(C)CSc1n[nH]c(C(C)(C)C)n1. The molecule has 1 aromatic heterocycles. The van der Waals surface area contributed by atoms with Crippen LogP contribution < -0.4 is 0 Å². The van der Waals surface area contributed by atoms with Gasteiger partial charge in [-0.25, -0.2) is 4.98 Å². The van der Waals surface area contributed by atoms with Gasteiger partial charge in [0.25, 0.3) is 0 Å². The van der Waals surface area contributed by atoms with E-state index in [9.17, 15) is 0 Å². The molecule has 0 aliphatic rings. The zero-order chi connectivity index (χ0) is 10.8. The highest BCUT2D eigenvalue weighted by Crippen LogP contribution is 2.21. The Morgan fingerprint density at radius 1 is 1.50 bits per heavy atom. The molecule has 0 aliphatic heterocycles. The van der Waals surface area contributed by atoms with Crippen LogP contribution in [0.2, 0.25) is 0 Å². The fourth-order valence-corrected chi connectivity index (χ4v) is 1.48. The third kappa shape index (κ3) is 3.18. The van der Waals surface area contributed by atoms with Crippen LogP contribution in [0, 0.1) is 0 Å². The number of aromatic amines is 1. The second-order valence-electron chi connectivity index (χ2n) is 4.46. The molecule has 0 unspecified atom stereocenters. The molecule has 0 bridgehead atoms. The maximum absolute atomic E-state index is 4.41. The van der Waals surface area contributed by atoms with Crippen molar-refractivity contribution in [3.63, 3.8) is 0 Å². The van der Waals surface area contributed by atoms with Crippen molar-refractivity contribution >= 4 is 11.8 Å².